The number of ether oxygens (including phenoxy) is 1. The number of hydrogen-bond donors (Lipinski definition) is 1. The number of benzene rings is 1. The summed E-state index contributed by atoms with van der Waals surface area (Å²) in [7, 11) is 3.44. The molecule has 0 aliphatic carbocycles. The van der Waals surface area contributed by atoms with Crippen molar-refractivity contribution < 1.29 is 14.3 Å². The zero-order chi connectivity index (χ0) is 24.2. The van der Waals surface area contributed by atoms with Crippen molar-refractivity contribution >= 4 is 22.8 Å². The predicted octanol–water partition coefficient (Wildman–Crippen LogP) is 2.88. The van der Waals surface area contributed by atoms with Gasteiger partial charge in [0, 0.05) is 38.7 Å². The molecule has 3 heterocycles. The van der Waals surface area contributed by atoms with Crippen LogP contribution >= 0.6 is 0 Å². The molecule has 8 nitrogen and oxygen atoms in total. The third-order valence-electron chi connectivity index (χ3n) is 6.65. The van der Waals surface area contributed by atoms with Gasteiger partial charge in [-0.15, -0.1) is 5.10 Å². The summed E-state index contributed by atoms with van der Waals surface area (Å²) in [5.74, 6) is 0.406. The first-order valence-corrected chi connectivity index (χ1v) is 11.9. The van der Waals surface area contributed by atoms with E-state index in [1.165, 1.54) is 0 Å². The van der Waals surface area contributed by atoms with Crippen molar-refractivity contribution in [2.45, 2.75) is 52.0 Å². The molecule has 1 aromatic carbocycles. The molecule has 2 aromatic heterocycles. The molecule has 1 aliphatic rings. The van der Waals surface area contributed by atoms with Crippen molar-refractivity contribution in [2.75, 3.05) is 20.2 Å². The number of rotatable bonds is 8. The minimum atomic E-state index is -0.561. The molecule has 1 atom stereocenters. The molecule has 8 heteroatoms. The molecule has 1 saturated heterocycles. The lowest BCUT2D eigenvalue weighted by molar-refractivity contribution is -0.135. The highest BCUT2D eigenvalue weighted by atomic mass is 16.5. The average molecular weight is 464 g/mol. The number of amides is 2. The Labute approximate surface area is 200 Å². The fourth-order valence-electron chi connectivity index (χ4n) is 4.82. The van der Waals surface area contributed by atoms with Crippen LogP contribution in [0.2, 0.25) is 0 Å². The highest BCUT2D eigenvalue weighted by Gasteiger charge is 2.28. The van der Waals surface area contributed by atoms with E-state index in [1.807, 2.05) is 56.1 Å². The number of aromatic nitrogens is 3. The third-order valence-corrected chi connectivity index (χ3v) is 6.65. The highest BCUT2D eigenvalue weighted by molar-refractivity contribution is 5.89. The highest BCUT2D eigenvalue weighted by Crippen LogP contribution is 2.30. The molecular formula is C26H33N5O3. The van der Waals surface area contributed by atoms with Gasteiger partial charge >= 0.3 is 0 Å². The summed E-state index contributed by atoms with van der Waals surface area (Å²) < 4.78 is 7.15. The van der Waals surface area contributed by atoms with Crippen molar-refractivity contribution in [2.24, 2.45) is 7.05 Å². The number of carbonyl (C=O) groups is 2. The van der Waals surface area contributed by atoms with Gasteiger partial charge in [0.15, 0.2) is 5.65 Å². The molecule has 0 bridgehead atoms. The van der Waals surface area contributed by atoms with Gasteiger partial charge in [0.05, 0.1) is 12.5 Å². The van der Waals surface area contributed by atoms with E-state index in [0.29, 0.717) is 18.7 Å². The molecule has 3 aromatic rings. The first-order valence-electron chi connectivity index (χ1n) is 11.9. The zero-order valence-corrected chi connectivity index (χ0v) is 20.4. The molecule has 0 radical (unpaired) electrons. The molecule has 0 saturated carbocycles. The number of nitrogens with zero attached hydrogens (tertiary/aromatic N) is 4. The summed E-state index contributed by atoms with van der Waals surface area (Å²) in [5, 5.41) is 8.29. The molecule has 2 amide bonds. The maximum absolute atomic E-state index is 13.2. The van der Waals surface area contributed by atoms with Gasteiger partial charge in [0.2, 0.25) is 17.7 Å². The summed E-state index contributed by atoms with van der Waals surface area (Å²) in [6.45, 7) is 5.49. The van der Waals surface area contributed by atoms with Gasteiger partial charge < -0.3 is 15.0 Å². The quantitative estimate of drug-likeness (QED) is 0.555. The molecule has 1 N–H and O–H groups in total. The first-order chi connectivity index (χ1) is 16.4. The lowest BCUT2D eigenvalue weighted by Crippen LogP contribution is -2.49. The minimum absolute atomic E-state index is 0.00486. The van der Waals surface area contributed by atoms with Crippen molar-refractivity contribution in [3.05, 3.63) is 52.7 Å². The number of fused-ring (bicyclic) bond motifs is 1. The van der Waals surface area contributed by atoms with E-state index in [-0.39, 0.29) is 18.2 Å². The summed E-state index contributed by atoms with van der Waals surface area (Å²) in [5.41, 5.74) is 4.70. The average Bonchev–Trinajstić information content (AvgIpc) is 3.47. The Morgan fingerprint density at radius 3 is 2.53 bits per heavy atom. The Morgan fingerprint density at radius 1 is 1.15 bits per heavy atom. The van der Waals surface area contributed by atoms with Gasteiger partial charge in [-0.1, -0.05) is 30.3 Å². The second-order valence-corrected chi connectivity index (χ2v) is 8.97. The second-order valence-electron chi connectivity index (χ2n) is 8.97. The van der Waals surface area contributed by atoms with Crippen molar-refractivity contribution in [1.82, 2.24) is 25.0 Å². The normalized spacial score (nSPS) is 14.4. The van der Waals surface area contributed by atoms with Gasteiger partial charge in [-0.3, -0.25) is 9.59 Å². The van der Waals surface area contributed by atoms with E-state index in [9.17, 15) is 9.59 Å². The van der Waals surface area contributed by atoms with E-state index in [4.69, 9.17) is 9.72 Å². The SMILES string of the molecule is COc1nn(C)c2nc(C)c(CCC(=O)NC(Cc3ccccc3)C(=O)N3CCCC3)c(C)c12. The number of hydrogen-bond acceptors (Lipinski definition) is 5. The molecule has 180 valence electrons. The zero-order valence-electron chi connectivity index (χ0n) is 20.4. The molecular weight excluding hydrogens is 430 g/mol. The molecule has 34 heavy (non-hydrogen) atoms. The number of aryl methyl sites for hydroxylation is 3. The fraction of sp³-hybridized carbons (Fsp3) is 0.462. The Hall–Kier alpha value is -3.42. The Bertz CT molecular complexity index is 1180. The molecule has 1 fully saturated rings. The number of methoxy groups -OCH3 is 1. The van der Waals surface area contributed by atoms with Crippen LogP contribution in [0.5, 0.6) is 5.88 Å². The summed E-state index contributed by atoms with van der Waals surface area (Å²) in [6, 6.07) is 9.28. The van der Waals surface area contributed by atoms with Crippen molar-refractivity contribution in [3.63, 3.8) is 0 Å². The van der Waals surface area contributed by atoms with E-state index in [0.717, 1.165) is 59.3 Å². The smallest absolute Gasteiger partial charge is 0.245 e. The predicted molar refractivity (Wildman–Crippen MR) is 131 cm³/mol. The maximum Gasteiger partial charge on any atom is 0.245 e. The van der Waals surface area contributed by atoms with Gasteiger partial charge in [-0.25, -0.2) is 9.67 Å². The van der Waals surface area contributed by atoms with Crippen LogP contribution in [-0.4, -0.2) is 57.7 Å². The lowest BCUT2D eigenvalue weighted by Gasteiger charge is -2.24. The number of nitrogens with one attached hydrogen (secondary N) is 1. The molecule has 0 spiro atoms. The lowest BCUT2D eigenvalue weighted by atomic mass is 9.99. The number of likely N-dealkylation sites (tertiary alicyclic amines) is 1. The monoisotopic (exact) mass is 463 g/mol. The first kappa shape index (κ1) is 23.7. The van der Waals surface area contributed by atoms with Crippen LogP contribution in [-0.2, 0) is 29.5 Å². The van der Waals surface area contributed by atoms with Crippen LogP contribution in [0.4, 0.5) is 0 Å². The van der Waals surface area contributed by atoms with Crippen LogP contribution in [0.25, 0.3) is 11.0 Å². The van der Waals surface area contributed by atoms with Crippen LogP contribution in [0.1, 0.15) is 41.6 Å². The molecule has 1 aliphatic heterocycles. The Balaban J connectivity index is 1.49. The van der Waals surface area contributed by atoms with Gasteiger partial charge in [-0.2, -0.15) is 0 Å². The van der Waals surface area contributed by atoms with Crippen molar-refractivity contribution in [1.29, 1.82) is 0 Å². The Kier molecular flexibility index (Phi) is 7.14. The molecule has 1 unspecified atom stereocenters. The van der Waals surface area contributed by atoms with Gasteiger partial charge in [0.25, 0.3) is 0 Å². The largest absolute Gasteiger partial charge is 0.479 e. The van der Waals surface area contributed by atoms with Crippen LogP contribution in [0, 0.1) is 13.8 Å². The van der Waals surface area contributed by atoms with E-state index < -0.39 is 6.04 Å². The van der Waals surface area contributed by atoms with Gasteiger partial charge in [-0.05, 0) is 49.8 Å². The summed E-state index contributed by atoms with van der Waals surface area (Å²) >= 11 is 0. The standard InChI is InChI=1S/C26H33N5O3/c1-17-20(18(2)27-24-23(17)25(34-4)29-30(24)3)12-13-22(32)28-21(16-19-10-6-5-7-11-19)26(33)31-14-8-9-15-31/h5-7,10-11,21H,8-9,12-16H2,1-4H3,(H,28,32). The third kappa shape index (κ3) is 4.90. The second kappa shape index (κ2) is 10.2. The van der Waals surface area contributed by atoms with E-state index in [1.54, 1.807) is 11.8 Å². The van der Waals surface area contributed by atoms with Crippen molar-refractivity contribution in [3.8, 4) is 5.88 Å². The molecule has 4 rings (SSSR count). The number of carbonyl (C=O) groups excluding carboxylic acids is 2. The summed E-state index contributed by atoms with van der Waals surface area (Å²) in [4.78, 5) is 32.7. The summed E-state index contributed by atoms with van der Waals surface area (Å²) in [6.07, 6.45) is 3.32. The van der Waals surface area contributed by atoms with Crippen LogP contribution in [0.3, 0.4) is 0 Å². The minimum Gasteiger partial charge on any atom is -0.479 e. The van der Waals surface area contributed by atoms with Gasteiger partial charge in [0.1, 0.15) is 6.04 Å². The fourth-order valence-corrected chi connectivity index (χ4v) is 4.82. The Morgan fingerprint density at radius 2 is 1.85 bits per heavy atom. The van der Waals surface area contributed by atoms with Crippen LogP contribution < -0.4 is 10.1 Å². The van der Waals surface area contributed by atoms with E-state index >= 15 is 0 Å². The maximum atomic E-state index is 13.2. The van der Waals surface area contributed by atoms with E-state index in [2.05, 4.69) is 10.4 Å². The van der Waals surface area contributed by atoms with Crippen LogP contribution in [0.15, 0.2) is 30.3 Å². The number of pyridine rings is 1. The topological polar surface area (TPSA) is 89.3 Å².